The molecule has 11 heavy (non-hydrogen) atoms. The van der Waals surface area contributed by atoms with Gasteiger partial charge < -0.3 is 0 Å². The highest BCUT2D eigenvalue weighted by Crippen LogP contribution is 2.09. The third-order valence-electron chi connectivity index (χ3n) is 1.30. The van der Waals surface area contributed by atoms with Crippen LogP contribution in [-0.4, -0.2) is 15.0 Å². The van der Waals surface area contributed by atoms with Crippen molar-refractivity contribution in [3.63, 3.8) is 0 Å². The van der Waals surface area contributed by atoms with Crippen molar-refractivity contribution in [1.82, 2.24) is 15.0 Å². The van der Waals surface area contributed by atoms with Crippen LogP contribution in [0.2, 0.25) is 5.15 Å². The van der Waals surface area contributed by atoms with Crippen LogP contribution >= 0.6 is 11.6 Å². The first kappa shape index (κ1) is 6.49. The van der Waals surface area contributed by atoms with Crippen LogP contribution in [0.4, 0.5) is 0 Å². The Bertz CT molecular complexity index is 388. The second-order valence-electron chi connectivity index (χ2n) is 2.03. The summed E-state index contributed by atoms with van der Waals surface area (Å²) >= 11 is 5.64. The van der Waals surface area contributed by atoms with Crippen molar-refractivity contribution in [2.45, 2.75) is 0 Å². The van der Waals surface area contributed by atoms with Crippen LogP contribution in [0.1, 0.15) is 0 Å². The van der Waals surface area contributed by atoms with Gasteiger partial charge in [-0.1, -0.05) is 11.6 Å². The van der Waals surface area contributed by atoms with Gasteiger partial charge in [-0.05, 0) is 12.1 Å². The monoisotopic (exact) mass is 166 g/mol. The van der Waals surface area contributed by atoms with E-state index in [1.54, 1.807) is 24.5 Å². The molecular formula is C7H4ClN3. The summed E-state index contributed by atoms with van der Waals surface area (Å²) in [6, 6.07) is 3.48. The van der Waals surface area contributed by atoms with Gasteiger partial charge in [-0.15, -0.1) is 0 Å². The van der Waals surface area contributed by atoms with E-state index in [2.05, 4.69) is 15.0 Å². The molecule has 0 aliphatic heterocycles. The molecule has 0 bridgehead atoms. The van der Waals surface area contributed by atoms with Crippen molar-refractivity contribution in [3.8, 4) is 0 Å². The van der Waals surface area contributed by atoms with E-state index in [9.17, 15) is 0 Å². The van der Waals surface area contributed by atoms with E-state index in [0.717, 1.165) is 5.52 Å². The van der Waals surface area contributed by atoms with Crippen LogP contribution in [0.15, 0.2) is 24.5 Å². The smallest absolute Gasteiger partial charge is 0.179 e. The lowest BCUT2D eigenvalue weighted by atomic mass is 10.4. The van der Waals surface area contributed by atoms with E-state index in [-0.39, 0.29) is 0 Å². The van der Waals surface area contributed by atoms with E-state index < -0.39 is 0 Å². The molecule has 3 nitrogen and oxygen atoms in total. The third-order valence-corrected chi connectivity index (χ3v) is 1.51. The Balaban J connectivity index is 2.83. The van der Waals surface area contributed by atoms with Crippen LogP contribution in [0.25, 0.3) is 11.2 Å². The molecule has 0 amide bonds. The fourth-order valence-corrected chi connectivity index (χ4v) is 0.974. The molecule has 0 aromatic carbocycles. The molecule has 0 saturated carbocycles. The zero-order valence-corrected chi connectivity index (χ0v) is 6.28. The first-order chi connectivity index (χ1) is 5.36. The molecule has 0 spiro atoms. The fourth-order valence-electron chi connectivity index (χ4n) is 0.831. The first-order valence-corrected chi connectivity index (χ1v) is 3.47. The molecule has 0 aliphatic rings. The normalized spacial score (nSPS) is 10.3. The van der Waals surface area contributed by atoms with Crippen molar-refractivity contribution >= 4 is 22.8 Å². The zero-order chi connectivity index (χ0) is 7.68. The number of aromatic nitrogens is 3. The summed E-state index contributed by atoms with van der Waals surface area (Å²) in [6.45, 7) is 0. The van der Waals surface area contributed by atoms with Gasteiger partial charge in [-0.3, -0.25) is 4.98 Å². The van der Waals surface area contributed by atoms with Gasteiger partial charge >= 0.3 is 0 Å². The van der Waals surface area contributed by atoms with Crippen molar-refractivity contribution in [2.24, 2.45) is 0 Å². The summed E-state index contributed by atoms with van der Waals surface area (Å²) in [5.74, 6) is 0. The minimum absolute atomic E-state index is 0.443. The van der Waals surface area contributed by atoms with E-state index in [1.807, 2.05) is 0 Å². The maximum absolute atomic E-state index is 5.64. The van der Waals surface area contributed by atoms with E-state index in [0.29, 0.717) is 10.8 Å². The number of hydrogen-bond acceptors (Lipinski definition) is 3. The lowest BCUT2D eigenvalue weighted by Gasteiger charge is -1.92. The molecule has 2 rings (SSSR count). The highest BCUT2D eigenvalue weighted by atomic mass is 35.5. The summed E-state index contributed by atoms with van der Waals surface area (Å²) in [5, 5.41) is 0.443. The molecule has 2 heterocycles. The molecule has 4 heteroatoms. The SMILES string of the molecule is Clc1ccc2ncc[15n]c2n1. The molecule has 0 saturated heterocycles. The maximum atomic E-state index is 5.64. The second-order valence-corrected chi connectivity index (χ2v) is 2.42. The highest BCUT2D eigenvalue weighted by molar-refractivity contribution is 6.29. The van der Waals surface area contributed by atoms with Gasteiger partial charge in [-0.2, -0.15) is 0 Å². The molecule has 0 aliphatic carbocycles. The quantitative estimate of drug-likeness (QED) is 0.559. The second kappa shape index (κ2) is 2.43. The molecule has 2 aromatic rings. The Morgan fingerprint density at radius 3 is 2.82 bits per heavy atom. The number of rotatable bonds is 0. The number of hydrogen-bond donors (Lipinski definition) is 0. The molecule has 0 radical (unpaired) electrons. The molecule has 2 aromatic heterocycles. The third kappa shape index (κ3) is 1.14. The Labute approximate surface area is 68.1 Å². The van der Waals surface area contributed by atoms with Crippen molar-refractivity contribution in [3.05, 3.63) is 29.7 Å². The molecule has 0 N–H and O–H groups in total. The predicted molar refractivity (Wildman–Crippen MR) is 42.3 cm³/mol. The topological polar surface area (TPSA) is 38.7 Å². The van der Waals surface area contributed by atoms with Gasteiger partial charge in [0, 0.05) is 12.4 Å². The van der Waals surface area contributed by atoms with Gasteiger partial charge in [0.15, 0.2) is 5.65 Å². The van der Waals surface area contributed by atoms with Gasteiger partial charge in [0.05, 0.1) is 0 Å². The van der Waals surface area contributed by atoms with Crippen LogP contribution in [0.3, 0.4) is 0 Å². The molecular weight excluding hydrogens is 163 g/mol. The summed E-state index contributed by atoms with van der Waals surface area (Å²) < 4.78 is 0. The van der Waals surface area contributed by atoms with E-state index >= 15 is 0 Å². The minimum Gasteiger partial charge on any atom is -0.251 e. The van der Waals surface area contributed by atoms with E-state index in [1.165, 1.54) is 0 Å². The number of halogens is 1. The van der Waals surface area contributed by atoms with E-state index in [4.69, 9.17) is 11.6 Å². The highest BCUT2D eigenvalue weighted by Gasteiger charge is 1.95. The van der Waals surface area contributed by atoms with Crippen LogP contribution < -0.4 is 0 Å². The van der Waals surface area contributed by atoms with Gasteiger partial charge in [0.1, 0.15) is 10.7 Å². The molecule has 0 unspecified atom stereocenters. The van der Waals surface area contributed by atoms with Gasteiger partial charge in [0.2, 0.25) is 0 Å². The number of fused-ring (bicyclic) bond motifs is 1. The van der Waals surface area contributed by atoms with Crippen molar-refractivity contribution in [2.75, 3.05) is 0 Å². The number of pyridine rings is 1. The Morgan fingerprint density at radius 2 is 1.91 bits per heavy atom. The fraction of sp³-hybridized carbons (Fsp3) is 0. The van der Waals surface area contributed by atoms with Crippen LogP contribution in [0, 0.1) is 0 Å². The number of nitrogens with zero attached hydrogens (tertiary/aromatic N) is 3. The zero-order valence-electron chi connectivity index (χ0n) is 5.53. The standard InChI is InChI=1S/C7H4ClN3/c8-6-2-1-5-7(11-6)10-4-3-9-5/h1-4H/i10+1. The van der Waals surface area contributed by atoms with Crippen LogP contribution in [-0.2, 0) is 0 Å². The Morgan fingerprint density at radius 1 is 1.09 bits per heavy atom. The molecule has 0 fully saturated rings. The maximum Gasteiger partial charge on any atom is 0.179 e. The summed E-state index contributed by atoms with van der Waals surface area (Å²) in [7, 11) is 0. The average Bonchev–Trinajstić information content (AvgIpc) is 2.04. The van der Waals surface area contributed by atoms with Gasteiger partial charge in [0.25, 0.3) is 0 Å². The van der Waals surface area contributed by atoms with Gasteiger partial charge in [-0.25, -0.2) is 9.97 Å². The largest absolute Gasteiger partial charge is 0.251 e. The minimum atomic E-state index is 0.443. The molecule has 54 valence electrons. The Hall–Kier alpha value is -1.22. The van der Waals surface area contributed by atoms with Crippen molar-refractivity contribution < 1.29 is 0 Å². The molecule has 0 atom stereocenters. The average molecular weight is 167 g/mol. The Kier molecular flexibility index (Phi) is 1.43. The first-order valence-electron chi connectivity index (χ1n) is 3.09. The summed E-state index contributed by atoms with van der Waals surface area (Å²) in [6.07, 6.45) is 3.21. The summed E-state index contributed by atoms with van der Waals surface area (Å²) in [4.78, 5) is 12.0. The predicted octanol–water partition coefficient (Wildman–Crippen LogP) is 1.68. The summed E-state index contributed by atoms with van der Waals surface area (Å²) in [5.41, 5.74) is 1.34. The van der Waals surface area contributed by atoms with Crippen LogP contribution in [0.5, 0.6) is 0 Å². The van der Waals surface area contributed by atoms with Crippen molar-refractivity contribution in [1.29, 1.82) is 0 Å². The lowest BCUT2D eigenvalue weighted by Crippen LogP contribution is -1.85. The lowest BCUT2D eigenvalue weighted by molar-refractivity contribution is 1.22.